The molecule has 0 saturated carbocycles. The highest BCUT2D eigenvalue weighted by molar-refractivity contribution is 9.10. The molecule has 1 nitrogen and oxygen atoms in total. The van der Waals surface area contributed by atoms with Crippen LogP contribution in [0.15, 0.2) is 56.8 Å². The fourth-order valence-corrected chi connectivity index (χ4v) is 4.13. The Balaban J connectivity index is 2.06. The highest BCUT2D eigenvalue weighted by Gasteiger charge is 2.13. The summed E-state index contributed by atoms with van der Waals surface area (Å²) in [5.41, 5.74) is 7.49. The van der Waals surface area contributed by atoms with E-state index in [4.69, 9.17) is 5.73 Å². The van der Waals surface area contributed by atoms with E-state index in [-0.39, 0.29) is 6.04 Å². The fourth-order valence-electron chi connectivity index (χ4n) is 2.11. The van der Waals surface area contributed by atoms with Gasteiger partial charge in [-0.25, -0.2) is 0 Å². The minimum absolute atomic E-state index is 0.0811. The van der Waals surface area contributed by atoms with Crippen LogP contribution in [0, 0.1) is 0 Å². The van der Waals surface area contributed by atoms with Crippen molar-refractivity contribution in [3.8, 4) is 0 Å². The smallest absolute Gasteiger partial charge is 0.0657 e. The van der Waals surface area contributed by atoms with E-state index in [0.717, 1.165) is 19.4 Å². The van der Waals surface area contributed by atoms with Crippen LogP contribution in [0.2, 0.25) is 0 Å². The first-order valence-corrected chi connectivity index (χ1v) is 8.29. The summed E-state index contributed by atoms with van der Waals surface area (Å²) >= 11 is 8.72. The standard InChI is InChI=1S/C15H11Br2NS/c16-12-4-3-9-7-11(2-1-10(9)8-12)14(18)15-13(17)5-6-19-15/h1-8,14H,18H2. The lowest BCUT2D eigenvalue weighted by Gasteiger charge is -2.12. The third-order valence-corrected chi connectivity index (χ3v) is 5.56. The molecule has 1 unspecified atom stereocenters. The monoisotopic (exact) mass is 395 g/mol. The molecule has 0 aliphatic heterocycles. The van der Waals surface area contributed by atoms with Gasteiger partial charge in [-0.3, -0.25) is 0 Å². The van der Waals surface area contributed by atoms with Crippen LogP contribution in [0.4, 0.5) is 0 Å². The van der Waals surface area contributed by atoms with Gasteiger partial charge in [0, 0.05) is 13.8 Å². The predicted octanol–water partition coefficient (Wildman–Crippen LogP) is 5.47. The number of benzene rings is 2. The van der Waals surface area contributed by atoms with Crippen molar-refractivity contribution in [2.75, 3.05) is 0 Å². The van der Waals surface area contributed by atoms with Gasteiger partial charge in [-0.1, -0.05) is 34.1 Å². The first kappa shape index (κ1) is 13.3. The molecule has 4 heteroatoms. The lowest BCUT2D eigenvalue weighted by atomic mass is 10.0. The topological polar surface area (TPSA) is 26.0 Å². The molecule has 0 saturated heterocycles. The zero-order chi connectivity index (χ0) is 13.4. The third-order valence-electron chi connectivity index (χ3n) is 3.11. The SMILES string of the molecule is NC(c1ccc2cc(Br)ccc2c1)c1sccc1Br. The van der Waals surface area contributed by atoms with E-state index in [1.807, 2.05) is 6.07 Å². The molecule has 0 amide bonds. The lowest BCUT2D eigenvalue weighted by molar-refractivity contribution is 0.891. The maximum absolute atomic E-state index is 6.35. The maximum atomic E-state index is 6.35. The summed E-state index contributed by atoms with van der Waals surface area (Å²) in [5.74, 6) is 0. The number of hydrogen-bond acceptors (Lipinski definition) is 2. The van der Waals surface area contributed by atoms with Gasteiger partial charge >= 0.3 is 0 Å². The molecule has 96 valence electrons. The Morgan fingerprint density at radius 2 is 1.68 bits per heavy atom. The van der Waals surface area contributed by atoms with Gasteiger partial charge in [0.05, 0.1) is 6.04 Å². The van der Waals surface area contributed by atoms with Crippen LogP contribution in [0.25, 0.3) is 10.8 Å². The zero-order valence-electron chi connectivity index (χ0n) is 9.94. The van der Waals surface area contributed by atoms with Gasteiger partial charge < -0.3 is 5.73 Å². The number of nitrogens with two attached hydrogens (primary N) is 1. The Morgan fingerprint density at radius 1 is 0.947 bits per heavy atom. The molecule has 0 fully saturated rings. The highest BCUT2D eigenvalue weighted by atomic mass is 79.9. The summed E-state index contributed by atoms with van der Waals surface area (Å²) in [6.07, 6.45) is 0. The second-order valence-corrected chi connectivity index (χ2v) is 7.08. The number of halogens is 2. The minimum atomic E-state index is -0.0811. The minimum Gasteiger partial charge on any atom is -0.320 e. The van der Waals surface area contributed by atoms with Crippen molar-refractivity contribution in [1.29, 1.82) is 0 Å². The van der Waals surface area contributed by atoms with Crippen molar-refractivity contribution in [2.45, 2.75) is 6.04 Å². The molecule has 0 aliphatic carbocycles. The second kappa shape index (κ2) is 5.37. The molecule has 1 aromatic heterocycles. The zero-order valence-corrected chi connectivity index (χ0v) is 13.9. The van der Waals surface area contributed by atoms with E-state index in [2.05, 4.69) is 73.6 Å². The molecule has 1 heterocycles. The van der Waals surface area contributed by atoms with E-state index in [1.54, 1.807) is 11.3 Å². The normalized spacial score (nSPS) is 12.8. The maximum Gasteiger partial charge on any atom is 0.0657 e. The Labute approximate surface area is 132 Å². The van der Waals surface area contributed by atoms with Gasteiger partial charge in [0.15, 0.2) is 0 Å². The van der Waals surface area contributed by atoms with Gasteiger partial charge in [0.2, 0.25) is 0 Å². The largest absolute Gasteiger partial charge is 0.320 e. The molecule has 3 rings (SSSR count). The van der Waals surface area contributed by atoms with Crippen molar-refractivity contribution in [2.24, 2.45) is 5.73 Å². The molecule has 0 radical (unpaired) electrons. The summed E-state index contributed by atoms with van der Waals surface area (Å²) < 4.78 is 2.18. The summed E-state index contributed by atoms with van der Waals surface area (Å²) in [5, 5.41) is 4.48. The van der Waals surface area contributed by atoms with Gasteiger partial charge in [0.1, 0.15) is 0 Å². The summed E-state index contributed by atoms with van der Waals surface area (Å²) in [7, 11) is 0. The Hall–Kier alpha value is -0.680. The third kappa shape index (κ3) is 2.63. The Bertz CT molecular complexity index is 736. The number of rotatable bonds is 2. The van der Waals surface area contributed by atoms with Crippen LogP contribution < -0.4 is 5.73 Å². The van der Waals surface area contributed by atoms with E-state index in [0.29, 0.717) is 0 Å². The van der Waals surface area contributed by atoms with Gasteiger partial charge in [-0.05, 0) is 61.9 Å². The van der Waals surface area contributed by atoms with Gasteiger partial charge in [-0.15, -0.1) is 11.3 Å². The molecule has 0 aliphatic rings. The van der Waals surface area contributed by atoms with Crippen molar-refractivity contribution < 1.29 is 0 Å². The summed E-state index contributed by atoms with van der Waals surface area (Å²) in [4.78, 5) is 1.16. The number of fused-ring (bicyclic) bond motifs is 1. The molecule has 3 aromatic rings. The quantitative estimate of drug-likeness (QED) is 0.610. The van der Waals surface area contributed by atoms with Crippen LogP contribution in [0.3, 0.4) is 0 Å². The predicted molar refractivity (Wildman–Crippen MR) is 89.7 cm³/mol. The molecular formula is C15H11Br2NS. The Kier molecular flexibility index (Phi) is 3.76. The molecule has 0 bridgehead atoms. The summed E-state index contributed by atoms with van der Waals surface area (Å²) in [6, 6.07) is 14.6. The molecule has 0 spiro atoms. The molecule has 19 heavy (non-hydrogen) atoms. The average Bonchev–Trinajstić information content (AvgIpc) is 2.83. The van der Waals surface area contributed by atoms with Crippen molar-refractivity contribution in [3.05, 3.63) is 67.2 Å². The van der Waals surface area contributed by atoms with E-state index in [9.17, 15) is 0 Å². The Morgan fingerprint density at radius 3 is 2.42 bits per heavy atom. The van der Waals surface area contributed by atoms with Crippen LogP contribution in [0.1, 0.15) is 16.5 Å². The van der Waals surface area contributed by atoms with E-state index >= 15 is 0 Å². The van der Waals surface area contributed by atoms with Crippen molar-refractivity contribution in [3.63, 3.8) is 0 Å². The van der Waals surface area contributed by atoms with Crippen LogP contribution >= 0.6 is 43.2 Å². The van der Waals surface area contributed by atoms with Crippen molar-refractivity contribution >= 4 is 54.0 Å². The van der Waals surface area contributed by atoms with Crippen LogP contribution in [-0.2, 0) is 0 Å². The van der Waals surface area contributed by atoms with Crippen molar-refractivity contribution in [1.82, 2.24) is 0 Å². The van der Waals surface area contributed by atoms with Gasteiger partial charge in [-0.2, -0.15) is 0 Å². The van der Waals surface area contributed by atoms with Crippen LogP contribution in [-0.4, -0.2) is 0 Å². The lowest BCUT2D eigenvalue weighted by Crippen LogP contribution is -2.10. The summed E-state index contributed by atoms with van der Waals surface area (Å²) in [6.45, 7) is 0. The number of thiophene rings is 1. The fraction of sp³-hybridized carbons (Fsp3) is 0.0667. The highest BCUT2D eigenvalue weighted by Crippen LogP contribution is 2.33. The van der Waals surface area contributed by atoms with Crippen LogP contribution in [0.5, 0.6) is 0 Å². The first-order chi connectivity index (χ1) is 9.15. The molecular weight excluding hydrogens is 386 g/mol. The van der Waals surface area contributed by atoms with E-state index < -0.39 is 0 Å². The molecule has 2 N–H and O–H groups in total. The number of hydrogen-bond donors (Lipinski definition) is 1. The van der Waals surface area contributed by atoms with Gasteiger partial charge in [0.25, 0.3) is 0 Å². The first-order valence-electron chi connectivity index (χ1n) is 5.83. The average molecular weight is 397 g/mol. The molecule has 2 aromatic carbocycles. The second-order valence-electron chi connectivity index (χ2n) is 4.36. The molecule has 1 atom stereocenters. The van der Waals surface area contributed by atoms with E-state index in [1.165, 1.54) is 10.8 Å².